The molecule has 57 heavy (non-hydrogen) atoms. The van der Waals surface area contributed by atoms with Crippen LogP contribution in [0.3, 0.4) is 0 Å². The molecular formula is C50H27N7. The highest BCUT2D eigenvalue weighted by Crippen LogP contribution is 2.46. The van der Waals surface area contributed by atoms with Crippen LogP contribution in [-0.2, 0) is 0 Å². The van der Waals surface area contributed by atoms with Crippen molar-refractivity contribution in [2.24, 2.45) is 0 Å². The van der Waals surface area contributed by atoms with Gasteiger partial charge in [0, 0.05) is 55.7 Å². The number of rotatable bonds is 6. The van der Waals surface area contributed by atoms with Gasteiger partial charge in [-0.25, -0.2) is 0 Å². The van der Waals surface area contributed by atoms with Crippen LogP contribution in [-0.4, -0.2) is 4.40 Å². The van der Waals surface area contributed by atoms with E-state index in [0.29, 0.717) is 22.3 Å². The Morgan fingerprint density at radius 3 is 1.28 bits per heavy atom. The first kappa shape index (κ1) is 33.0. The van der Waals surface area contributed by atoms with Crippen molar-refractivity contribution >= 4 is 83.0 Å². The van der Waals surface area contributed by atoms with E-state index in [-0.39, 0.29) is 0 Å². The largest absolute Gasteiger partial charge is 0.310 e. The second-order valence-electron chi connectivity index (χ2n) is 13.9. The van der Waals surface area contributed by atoms with Gasteiger partial charge in [-0.3, -0.25) is 0 Å². The van der Waals surface area contributed by atoms with Gasteiger partial charge >= 0.3 is 0 Å². The summed E-state index contributed by atoms with van der Waals surface area (Å²) in [5.41, 5.74) is 11.1. The normalized spacial score (nSPS) is 11.1. The number of nitriles is 4. The molecule has 0 atom stereocenters. The Morgan fingerprint density at radius 1 is 0.351 bits per heavy atom. The zero-order valence-corrected chi connectivity index (χ0v) is 30.2. The van der Waals surface area contributed by atoms with E-state index in [9.17, 15) is 21.0 Å². The van der Waals surface area contributed by atoms with Gasteiger partial charge in [0.2, 0.25) is 0 Å². The standard InChI is InChI=1S/C50H27N7/c51-28-32-5-14-37(15-6-32)55(38-16-7-33(29-52)8-17-38)41-22-13-36-25-46-43-24-23-42(27-48(43)57-47-4-2-1-3-44(47)49(50(46)57)45(36)26-41)56(39-18-9-34(30-53)10-19-39)40-20-11-35(31-54)12-21-40/h1-27H. The molecule has 8 aromatic carbocycles. The fourth-order valence-electron chi connectivity index (χ4n) is 8.18. The molecule has 7 heteroatoms. The summed E-state index contributed by atoms with van der Waals surface area (Å²) in [6.07, 6.45) is 0. The molecule has 0 saturated carbocycles. The topological polar surface area (TPSA) is 106 Å². The minimum atomic E-state index is 0.580. The Labute approximate surface area is 327 Å². The number of anilines is 6. The molecule has 0 aliphatic heterocycles. The first-order chi connectivity index (χ1) is 28.1. The van der Waals surface area contributed by atoms with Crippen molar-refractivity contribution in [3.8, 4) is 24.3 Å². The summed E-state index contributed by atoms with van der Waals surface area (Å²) in [6.45, 7) is 0. The zero-order chi connectivity index (χ0) is 38.6. The predicted molar refractivity (Wildman–Crippen MR) is 227 cm³/mol. The summed E-state index contributed by atoms with van der Waals surface area (Å²) in [6, 6.07) is 63.0. The number of para-hydroxylation sites is 1. The monoisotopic (exact) mass is 725 g/mol. The molecule has 10 aromatic rings. The minimum absolute atomic E-state index is 0.580. The molecule has 0 bridgehead atoms. The van der Waals surface area contributed by atoms with Crippen molar-refractivity contribution in [1.29, 1.82) is 21.0 Å². The first-order valence-corrected chi connectivity index (χ1v) is 18.3. The lowest BCUT2D eigenvalue weighted by Crippen LogP contribution is -2.10. The first-order valence-electron chi connectivity index (χ1n) is 18.3. The number of fused-ring (bicyclic) bond motifs is 8. The van der Waals surface area contributed by atoms with E-state index >= 15 is 0 Å². The number of hydrogen-bond acceptors (Lipinski definition) is 6. The number of hydrogen-bond donors (Lipinski definition) is 0. The van der Waals surface area contributed by atoms with Crippen LogP contribution >= 0.6 is 0 Å². The summed E-state index contributed by atoms with van der Waals surface area (Å²) in [4.78, 5) is 4.31. The molecule has 2 aromatic heterocycles. The number of benzene rings is 8. The van der Waals surface area contributed by atoms with Crippen LogP contribution in [0.1, 0.15) is 22.3 Å². The van der Waals surface area contributed by atoms with E-state index < -0.39 is 0 Å². The molecule has 0 amide bonds. The van der Waals surface area contributed by atoms with E-state index in [1.807, 2.05) is 97.1 Å². The van der Waals surface area contributed by atoms with Crippen molar-refractivity contribution < 1.29 is 0 Å². The van der Waals surface area contributed by atoms with Crippen LogP contribution in [0.4, 0.5) is 34.1 Å². The highest BCUT2D eigenvalue weighted by Gasteiger charge is 2.23. The van der Waals surface area contributed by atoms with Crippen molar-refractivity contribution in [3.63, 3.8) is 0 Å². The fraction of sp³-hybridized carbons (Fsp3) is 0. The zero-order valence-electron chi connectivity index (χ0n) is 30.2. The third-order valence-corrected chi connectivity index (χ3v) is 10.8. The summed E-state index contributed by atoms with van der Waals surface area (Å²) < 4.78 is 2.37. The van der Waals surface area contributed by atoms with E-state index in [1.165, 1.54) is 0 Å². The maximum atomic E-state index is 9.52. The van der Waals surface area contributed by atoms with Crippen LogP contribution in [0, 0.1) is 45.3 Å². The molecule has 10 rings (SSSR count). The highest BCUT2D eigenvalue weighted by molar-refractivity contribution is 6.31. The fourth-order valence-corrected chi connectivity index (χ4v) is 8.18. The van der Waals surface area contributed by atoms with Gasteiger partial charge in [0.05, 0.1) is 63.1 Å². The summed E-state index contributed by atoms with van der Waals surface area (Å²) in [5, 5.41) is 44.9. The Balaban J connectivity index is 1.21. The average Bonchev–Trinajstić information content (AvgIpc) is 3.79. The van der Waals surface area contributed by atoms with E-state index in [1.54, 1.807) is 0 Å². The van der Waals surface area contributed by atoms with Crippen LogP contribution in [0.25, 0.3) is 48.9 Å². The second kappa shape index (κ2) is 13.0. The molecule has 0 saturated heterocycles. The number of nitrogens with zero attached hydrogens (tertiary/aromatic N) is 7. The van der Waals surface area contributed by atoms with E-state index in [0.717, 1.165) is 83.0 Å². The SMILES string of the molecule is N#Cc1ccc(N(c2ccc(C#N)cc2)c2ccc3cc4c5ccc(N(c6ccc(C#N)cc6)c6ccc(C#N)cc6)cc5n5c6ccccc6c(c3c2)c45)cc1. The van der Waals surface area contributed by atoms with Gasteiger partial charge in [0.1, 0.15) is 0 Å². The molecule has 0 fully saturated rings. The maximum absolute atomic E-state index is 9.52. The van der Waals surface area contributed by atoms with Crippen LogP contribution in [0.2, 0.25) is 0 Å². The highest BCUT2D eigenvalue weighted by atomic mass is 15.1. The third-order valence-electron chi connectivity index (χ3n) is 10.8. The molecule has 0 spiro atoms. The number of aromatic nitrogens is 1. The third kappa shape index (κ3) is 5.25. The molecule has 7 nitrogen and oxygen atoms in total. The molecule has 0 radical (unpaired) electrons. The van der Waals surface area contributed by atoms with Crippen LogP contribution in [0.5, 0.6) is 0 Å². The Bertz CT molecular complexity index is 3110. The Kier molecular flexibility index (Phi) is 7.55. The second-order valence-corrected chi connectivity index (χ2v) is 13.9. The predicted octanol–water partition coefficient (Wildman–Crippen LogP) is 12.4. The van der Waals surface area contributed by atoms with Crippen LogP contribution in [0.15, 0.2) is 164 Å². The van der Waals surface area contributed by atoms with Gasteiger partial charge < -0.3 is 14.2 Å². The van der Waals surface area contributed by atoms with Gasteiger partial charge in [0.25, 0.3) is 0 Å². The Morgan fingerprint density at radius 2 is 0.789 bits per heavy atom. The van der Waals surface area contributed by atoms with Gasteiger partial charge in [-0.2, -0.15) is 21.0 Å². The van der Waals surface area contributed by atoms with E-state index in [4.69, 9.17) is 0 Å². The van der Waals surface area contributed by atoms with Gasteiger partial charge in [-0.05, 0) is 144 Å². The molecular weight excluding hydrogens is 699 g/mol. The van der Waals surface area contributed by atoms with Crippen molar-refractivity contribution in [2.75, 3.05) is 9.80 Å². The summed E-state index contributed by atoms with van der Waals surface area (Å²) in [7, 11) is 0. The maximum Gasteiger partial charge on any atom is 0.0991 e. The van der Waals surface area contributed by atoms with Crippen molar-refractivity contribution in [3.05, 3.63) is 186 Å². The molecule has 0 N–H and O–H groups in total. The molecule has 0 unspecified atom stereocenters. The lowest BCUT2D eigenvalue weighted by molar-refractivity contribution is 1.27. The summed E-state index contributed by atoms with van der Waals surface area (Å²) in [5.74, 6) is 0. The van der Waals surface area contributed by atoms with Gasteiger partial charge in [-0.1, -0.05) is 30.3 Å². The van der Waals surface area contributed by atoms with Gasteiger partial charge in [-0.15, -0.1) is 0 Å². The quantitative estimate of drug-likeness (QED) is 0.169. The van der Waals surface area contributed by atoms with Crippen molar-refractivity contribution in [2.45, 2.75) is 0 Å². The molecule has 0 aliphatic rings. The average molecular weight is 726 g/mol. The van der Waals surface area contributed by atoms with E-state index in [2.05, 4.69) is 105 Å². The van der Waals surface area contributed by atoms with Crippen LogP contribution < -0.4 is 9.80 Å². The smallest absolute Gasteiger partial charge is 0.0991 e. The lowest BCUT2D eigenvalue weighted by Gasteiger charge is -2.26. The molecule has 2 heterocycles. The molecule has 0 aliphatic carbocycles. The lowest BCUT2D eigenvalue weighted by atomic mass is 9.99. The molecule has 262 valence electrons. The van der Waals surface area contributed by atoms with Crippen molar-refractivity contribution in [1.82, 2.24) is 4.40 Å². The minimum Gasteiger partial charge on any atom is -0.310 e. The summed E-state index contributed by atoms with van der Waals surface area (Å²) >= 11 is 0. The van der Waals surface area contributed by atoms with Gasteiger partial charge in [0.15, 0.2) is 0 Å². The Hall–Kier alpha value is -8.62.